The summed E-state index contributed by atoms with van der Waals surface area (Å²) in [6, 6.07) is 0.356. The van der Waals surface area contributed by atoms with E-state index in [0.717, 1.165) is 11.4 Å². The smallest absolute Gasteiger partial charge is 0.273 e. The predicted molar refractivity (Wildman–Crippen MR) is 80.8 cm³/mol. The van der Waals surface area contributed by atoms with E-state index in [1.165, 1.54) is 30.6 Å². The summed E-state index contributed by atoms with van der Waals surface area (Å²) in [7, 11) is 1.90. The summed E-state index contributed by atoms with van der Waals surface area (Å²) in [5.74, 6) is 0.616. The first kappa shape index (κ1) is 16.4. The minimum Gasteiger partial charge on any atom is -0.337 e. The van der Waals surface area contributed by atoms with Crippen LogP contribution in [-0.4, -0.2) is 28.9 Å². The van der Waals surface area contributed by atoms with Gasteiger partial charge in [-0.15, -0.1) is 23.7 Å². The van der Waals surface area contributed by atoms with Gasteiger partial charge in [-0.25, -0.2) is 4.98 Å². The first-order valence-corrected chi connectivity index (χ1v) is 7.43. The number of carbonyl (C=O) groups excluding carboxylic acids is 1. The van der Waals surface area contributed by atoms with Gasteiger partial charge in [-0.2, -0.15) is 0 Å². The highest BCUT2D eigenvalue weighted by Crippen LogP contribution is 2.28. The van der Waals surface area contributed by atoms with Crippen molar-refractivity contribution in [3.05, 3.63) is 16.1 Å². The molecule has 1 aromatic heterocycles. The molecule has 6 heteroatoms. The Morgan fingerprint density at radius 2 is 2.21 bits per heavy atom. The lowest BCUT2D eigenvalue weighted by atomic mass is 9.85. The van der Waals surface area contributed by atoms with Crippen molar-refractivity contribution >= 4 is 29.7 Å². The molecule has 1 amide bonds. The minimum absolute atomic E-state index is 0. The summed E-state index contributed by atoms with van der Waals surface area (Å²) >= 11 is 1.46. The van der Waals surface area contributed by atoms with E-state index >= 15 is 0 Å². The third-order valence-corrected chi connectivity index (χ3v) is 4.70. The second-order valence-corrected chi connectivity index (χ2v) is 6.02. The fourth-order valence-electron chi connectivity index (χ4n) is 2.71. The van der Waals surface area contributed by atoms with E-state index in [1.807, 2.05) is 17.3 Å². The Hall–Kier alpha value is -0.650. The number of halogens is 1. The van der Waals surface area contributed by atoms with Crippen molar-refractivity contribution in [3.8, 4) is 0 Å². The first-order valence-electron chi connectivity index (χ1n) is 6.55. The van der Waals surface area contributed by atoms with Crippen LogP contribution in [-0.2, 0) is 6.54 Å². The number of rotatable bonds is 3. The molecule has 19 heavy (non-hydrogen) atoms. The zero-order chi connectivity index (χ0) is 13.1. The van der Waals surface area contributed by atoms with Crippen LogP contribution in [0.4, 0.5) is 0 Å². The van der Waals surface area contributed by atoms with E-state index in [9.17, 15) is 4.79 Å². The van der Waals surface area contributed by atoms with Gasteiger partial charge in [0.25, 0.3) is 5.91 Å². The predicted octanol–water partition coefficient (Wildman–Crippen LogP) is 2.67. The molecule has 1 fully saturated rings. The molecule has 0 saturated heterocycles. The van der Waals surface area contributed by atoms with E-state index in [1.54, 1.807) is 0 Å². The van der Waals surface area contributed by atoms with Gasteiger partial charge >= 0.3 is 0 Å². The van der Waals surface area contributed by atoms with Crippen molar-refractivity contribution < 1.29 is 4.79 Å². The maximum Gasteiger partial charge on any atom is 0.273 e. The molecular weight excluding hydrogens is 282 g/mol. The van der Waals surface area contributed by atoms with E-state index < -0.39 is 0 Å². The highest BCUT2D eigenvalue weighted by Gasteiger charge is 2.29. The van der Waals surface area contributed by atoms with Gasteiger partial charge in [0.15, 0.2) is 0 Å². The van der Waals surface area contributed by atoms with Crippen molar-refractivity contribution in [3.63, 3.8) is 0 Å². The number of hydrogen-bond donors (Lipinski definition) is 1. The number of nitrogens with zero attached hydrogens (tertiary/aromatic N) is 2. The SMILES string of the molecule is CC1CCCCC1N(C)C(=O)c1csc(CN)n1.Cl. The zero-order valence-electron chi connectivity index (χ0n) is 11.5. The quantitative estimate of drug-likeness (QED) is 0.934. The number of amides is 1. The lowest BCUT2D eigenvalue weighted by molar-refractivity contribution is 0.0623. The molecule has 1 aliphatic carbocycles. The van der Waals surface area contributed by atoms with E-state index in [0.29, 0.717) is 24.2 Å². The maximum atomic E-state index is 12.3. The Bertz CT molecular complexity index is 424. The summed E-state index contributed by atoms with van der Waals surface area (Å²) in [6.45, 7) is 2.64. The summed E-state index contributed by atoms with van der Waals surface area (Å²) in [6.07, 6.45) is 4.83. The van der Waals surface area contributed by atoms with Crippen molar-refractivity contribution in [2.45, 2.75) is 45.2 Å². The fraction of sp³-hybridized carbons (Fsp3) is 0.692. The minimum atomic E-state index is 0. The van der Waals surface area contributed by atoms with Crippen LogP contribution in [0.5, 0.6) is 0 Å². The van der Waals surface area contributed by atoms with Gasteiger partial charge in [0.05, 0.1) is 0 Å². The summed E-state index contributed by atoms with van der Waals surface area (Å²) in [5.41, 5.74) is 6.07. The Morgan fingerprint density at radius 3 is 2.79 bits per heavy atom. The lowest BCUT2D eigenvalue weighted by Crippen LogP contribution is -2.42. The van der Waals surface area contributed by atoms with Crippen molar-refractivity contribution in [2.24, 2.45) is 11.7 Å². The normalized spacial score (nSPS) is 22.7. The molecular formula is C13H22ClN3OS. The zero-order valence-corrected chi connectivity index (χ0v) is 13.1. The van der Waals surface area contributed by atoms with Crippen LogP contribution < -0.4 is 5.73 Å². The molecule has 2 unspecified atom stereocenters. The Balaban J connectivity index is 0.00000180. The maximum absolute atomic E-state index is 12.3. The number of carbonyl (C=O) groups is 1. The standard InChI is InChI=1S/C13H21N3OS.ClH/c1-9-5-3-4-6-11(9)16(2)13(17)10-8-18-12(7-14)15-10;/h8-9,11H,3-7,14H2,1-2H3;1H. The second-order valence-electron chi connectivity index (χ2n) is 5.08. The van der Waals surface area contributed by atoms with Gasteiger partial charge in [-0.1, -0.05) is 19.8 Å². The van der Waals surface area contributed by atoms with Crippen molar-refractivity contribution in [1.29, 1.82) is 0 Å². The Labute approximate surface area is 124 Å². The van der Waals surface area contributed by atoms with Gasteiger partial charge in [0, 0.05) is 25.0 Å². The van der Waals surface area contributed by atoms with Gasteiger partial charge in [-0.05, 0) is 18.8 Å². The van der Waals surface area contributed by atoms with Crippen LogP contribution in [0, 0.1) is 5.92 Å². The van der Waals surface area contributed by atoms with E-state index in [-0.39, 0.29) is 18.3 Å². The lowest BCUT2D eigenvalue weighted by Gasteiger charge is -2.35. The third kappa shape index (κ3) is 3.68. The molecule has 0 radical (unpaired) electrons. The molecule has 2 N–H and O–H groups in total. The third-order valence-electron chi connectivity index (χ3n) is 3.83. The number of hydrogen-bond acceptors (Lipinski definition) is 4. The van der Waals surface area contributed by atoms with Crippen LogP contribution in [0.3, 0.4) is 0 Å². The second kappa shape index (κ2) is 7.22. The molecule has 2 atom stereocenters. The van der Waals surface area contributed by atoms with Crippen LogP contribution in [0.2, 0.25) is 0 Å². The highest BCUT2D eigenvalue weighted by molar-refractivity contribution is 7.09. The molecule has 0 bridgehead atoms. The molecule has 0 spiro atoms. The van der Waals surface area contributed by atoms with Crippen LogP contribution in [0.1, 0.15) is 48.1 Å². The first-order chi connectivity index (χ1) is 8.63. The topological polar surface area (TPSA) is 59.2 Å². The molecule has 1 saturated carbocycles. The molecule has 0 aliphatic heterocycles. The van der Waals surface area contributed by atoms with E-state index in [4.69, 9.17) is 5.73 Å². The summed E-state index contributed by atoms with van der Waals surface area (Å²) < 4.78 is 0. The van der Waals surface area contributed by atoms with Crippen LogP contribution >= 0.6 is 23.7 Å². The molecule has 1 aromatic rings. The Kier molecular flexibility index (Phi) is 6.23. The van der Waals surface area contributed by atoms with Gasteiger partial charge < -0.3 is 10.6 Å². The molecule has 2 rings (SSSR count). The van der Waals surface area contributed by atoms with Gasteiger partial charge in [-0.3, -0.25) is 4.79 Å². The molecule has 4 nitrogen and oxygen atoms in total. The number of nitrogens with two attached hydrogens (primary N) is 1. The average molecular weight is 304 g/mol. The fourth-order valence-corrected chi connectivity index (χ4v) is 3.35. The van der Waals surface area contributed by atoms with E-state index in [2.05, 4.69) is 11.9 Å². The molecule has 1 aliphatic rings. The van der Waals surface area contributed by atoms with Gasteiger partial charge in [0.2, 0.25) is 0 Å². The van der Waals surface area contributed by atoms with Crippen LogP contribution in [0.25, 0.3) is 0 Å². The molecule has 0 aromatic carbocycles. The van der Waals surface area contributed by atoms with Crippen molar-refractivity contribution in [2.75, 3.05) is 7.05 Å². The van der Waals surface area contributed by atoms with Gasteiger partial charge in [0.1, 0.15) is 10.7 Å². The van der Waals surface area contributed by atoms with Crippen molar-refractivity contribution in [1.82, 2.24) is 9.88 Å². The Morgan fingerprint density at radius 1 is 1.53 bits per heavy atom. The monoisotopic (exact) mass is 303 g/mol. The molecule has 1 heterocycles. The highest BCUT2D eigenvalue weighted by atomic mass is 35.5. The summed E-state index contributed by atoms with van der Waals surface area (Å²) in [5, 5.41) is 2.64. The number of aromatic nitrogens is 1. The van der Waals surface area contributed by atoms with Crippen LogP contribution in [0.15, 0.2) is 5.38 Å². The largest absolute Gasteiger partial charge is 0.337 e. The molecule has 108 valence electrons. The summed E-state index contributed by atoms with van der Waals surface area (Å²) in [4.78, 5) is 18.5. The average Bonchev–Trinajstić information content (AvgIpc) is 2.86. The number of thiazole rings is 1.